The van der Waals surface area contributed by atoms with Gasteiger partial charge >= 0.3 is 0 Å². The van der Waals surface area contributed by atoms with Crippen LogP contribution in [0.4, 0.5) is 5.69 Å². The maximum atomic E-state index is 13.0. The van der Waals surface area contributed by atoms with Gasteiger partial charge < -0.3 is 5.32 Å². The van der Waals surface area contributed by atoms with Crippen molar-refractivity contribution in [1.29, 1.82) is 0 Å². The van der Waals surface area contributed by atoms with Gasteiger partial charge in [-0.2, -0.15) is 0 Å². The number of benzene rings is 3. The number of thiophene rings is 1. The molecule has 0 aliphatic carbocycles. The number of carbonyl (C=O) groups excluding carboxylic acids is 1. The Kier molecular flexibility index (Phi) is 5.27. The first-order chi connectivity index (χ1) is 13.1. The van der Waals surface area contributed by atoms with Crippen molar-refractivity contribution in [2.24, 2.45) is 0 Å². The zero-order chi connectivity index (χ0) is 18.8. The molecule has 4 heteroatoms. The lowest BCUT2D eigenvalue weighted by Gasteiger charge is -2.08. The van der Waals surface area contributed by atoms with Crippen molar-refractivity contribution in [3.8, 4) is 0 Å². The predicted molar refractivity (Wildman–Crippen MR) is 123 cm³/mol. The molecule has 134 valence electrons. The highest BCUT2D eigenvalue weighted by Crippen LogP contribution is 2.33. The van der Waals surface area contributed by atoms with Crippen LogP contribution in [0.3, 0.4) is 0 Å². The molecule has 0 saturated heterocycles. The largest absolute Gasteiger partial charge is 0.321 e. The number of rotatable bonds is 4. The first-order valence-corrected chi connectivity index (χ1v) is 10.6. The van der Waals surface area contributed by atoms with E-state index in [-0.39, 0.29) is 5.91 Å². The number of nitrogens with one attached hydrogen (secondary N) is 1. The summed E-state index contributed by atoms with van der Waals surface area (Å²) in [5.74, 6) is -0.0421. The van der Waals surface area contributed by atoms with E-state index >= 15 is 0 Å². The van der Waals surface area contributed by atoms with E-state index in [1.165, 1.54) is 11.1 Å². The van der Waals surface area contributed by atoms with E-state index in [2.05, 4.69) is 71.2 Å². The zero-order valence-electron chi connectivity index (χ0n) is 14.8. The van der Waals surface area contributed by atoms with E-state index in [1.54, 1.807) is 11.3 Å². The molecule has 4 aromatic rings. The molecule has 0 bridgehead atoms. The fraction of sp³-hybridized carbons (Fsp3) is 0.0870. The zero-order valence-corrected chi connectivity index (χ0v) is 17.8. The molecule has 1 amide bonds. The molecule has 1 aromatic heterocycles. The number of hydrogen-bond donors (Lipinski definition) is 1. The second-order valence-corrected chi connectivity index (χ2v) is 8.83. The Morgan fingerprint density at radius 2 is 1.67 bits per heavy atom. The molecule has 27 heavy (non-hydrogen) atoms. The van der Waals surface area contributed by atoms with E-state index < -0.39 is 0 Å². The summed E-state index contributed by atoms with van der Waals surface area (Å²) >= 11 is 3.82. The van der Waals surface area contributed by atoms with Crippen LogP contribution in [0.5, 0.6) is 0 Å². The number of carbonyl (C=O) groups is 1. The van der Waals surface area contributed by atoms with Crippen LogP contribution in [0, 0.1) is 10.5 Å². The van der Waals surface area contributed by atoms with Crippen molar-refractivity contribution in [1.82, 2.24) is 0 Å². The minimum absolute atomic E-state index is 0.0421. The Labute approximate surface area is 176 Å². The van der Waals surface area contributed by atoms with Gasteiger partial charge in [0.15, 0.2) is 0 Å². The van der Waals surface area contributed by atoms with Crippen LogP contribution >= 0.6 is 33.9 Å². The van der Waals surface area contributed by atoms with Gasteiger partial charge in [0, 0.05) is 14.0 Å². The third-order valence-corrected chi connectivity index (χ3v) is 6.44. The van der Waals surface area contributed by atoms with Crippen LogP contribution in [0.2, 0.25) is 0 Å². The maximum absolute atomic E-state index is 13.0. The van der Waals surface area contributed by atoms with Gasteiger partial charge in [-0.15, -0.1) is 11.3 Å². The second-order valence-electron chi connectivity index (χ2n) is 6.53. The molecule has 0 saturated carbocycles. The summed E-state index contributed by atoms with van der Waals surface area (Å²) in [6.45, 7) is 2.09. The average Bonchev–Trinajstić information content (AvgIpc) is 3.04. The maximum Gasteiger partial charge on any atom is 0.266 e. The Morgan fingerprint density at radius 3 is 2.41 bits per heavy atom. The van der Waals surface area contributed by atoms with Gasteiger partial charge in [0.05, 0.1) is 4.88 Å². The van der Waals surface area contributed by atoms with E-state index in [9.17, 15) is 4.79 Å². The molecule has 1 heterocycles. The molecular formula is C23H18INOS. The molecule has 0 unspecified atom stereocenters. The molecule has 0 aliphatic rings. The summed E-state index contributed by atoms with van der Waals surface area (Å²) in [6, 6.07) is 24.6. The highest BCUT2D eigenvalue weighted by Gasteiger charge is 2.18. The molecule has 4 rings (SSSR count). The van der Waals surface area contributed by atoms with Gasteiger partial charge in [0.1, 0.15) is 0 Å². The molecule has 0 spiro atoms. The van der Waals surface area contributed by atoms with Crippen LogP contribution < -0.4 is 5.32 Å². The van der Waals surface area contributed by atoms with Crippen molar-refractivity contribution in [2.45, 2.75) is 13.3 Å². The van der Waals surface area contributed by atoms with Crippen LogP contribution in [0.1, 0.15) is 26.4 Å². The van der Waals surface area contributed by atoms with Crippen LogP contribution in [0.15, 0.2) is 72.8 Å². The van der Waals surface area contributed by atoms with Crippen molar-refractivity contribution in [3.05, 3.63) is 97.9 Å². The lowest BCUT2D eigenvalue weighted by Crippen LogP contribution is -2.12. The molecule has 2 nitrogen and oxygen atoms in total. The molecule has 0 atom stereocenters. The van der Waals surface area contributed by atoms with Crippen molar-refractivity contribution in [3.63, 3.8) is 0 Å². The molecule has 0 fully saturated rings. The first-order valence-electron chi connectivity index (χ1n) is 8.73. The second kappa shape index (κ2) is 7.82. The third-order valence-electron chi connectivity index (χ3n) is 4.51. The van der Waals surface area contributed by atoms with Gasteiger partial charge in [0.2, 0.25) is 0 Å². The average molecular weight is 483 g/mol. The molecule has 0 aliphatic heterocycles. The van der Waals surface area contributed by atoms with Crippen molar-refractivity contribution >= 4 is 55.6 Å². The summed E-state index contributed by atoms with van der Waals surface area (Å²) in [4.78, 5) is 13.8. The minimum atomic E-state index is -0.0421. The van der Waals surface area contributed by atoms with E-state index in [0.717, 1.165) is 36.2 Å². The lowest BCUT2D eigenvalue weighted by molar-refractivity contribution is 0.103. The summed E-state index contributed by atoms with van der Waals surface area (Å²) in [5, 5.41) is 4.21. The molecular weight excluding hydrogens is 465 g/mol. The topological polar surface area (TPSA) is 29.1 Å². The van der Waals surface area contributed by atoms with E-state index in [1.807, 2.05) is 36.4 Å². The predicted octanol–water partition coefficient (Wildman–Crippen LogP) is 6.66. The summed E-state index contributed by atoms with van der Waals surface area (Å²) in [6.07, 6.45) is 0.750. The van der Waals surface area contributed by atoms with Crippen molar-refractivity contribution in [2.75, 3.05) is 5.32 Å². The van der Waals surface area contributed by atoms with Crippen LogP contribution in [-0.4, -0.2) is 5.91 Å². The lowest BCUT2D eigenvalue weighted by atomic mass is 10.0. The number of anilines is 1. The van der Waals surface area contributed by atoms with Gasteiger partial charge in [-0.25, -0.2) is 0 Å². The van der Waals surface area contributed by atoms with Gasteiger partial charge in [0.25, 0.3) is 5.91 Å². The van der Waals surface area contributed by atoms with E-state index in [4.69, 9.17) is 0 Å². The quantitative estimate of drug-likeness (QED) is 0.323. The van der Waals surface area contributed by atoms with E-state index in [0.29, 0.717) is 0 Å². The third kappa shape index (κ3) is 4.06. The van der Waals surface area contributed by atoms with Crippen molar-refractivity contribution < 1.29 is 4.79 Å². The summed E-state index contributed by atoms with van der Waals surface area (Å²) < 4.78 is 2.29. The number of amides is 1. The smallest absolute Gasteiger partial charge is 0.266 e. The first kappa shape index (κ1) is 18.2. The molecule has 1 N–H and O–H groups in total. The number of aryl methyl sites for hydroxylation is 1. The summed E-state index contributed by atoms with van der Waals surface area (Å²) in [5.41, 5.74) is 4.37. The number of halogens is 1. The SMILES string of the molecule is Cc1ccc(Cc2c(C(=O)Nc3ccc(I)cc3)sc3ccccc23)cc1. The van der Waals surface area contributed by atoms with Crippen LogP contribution in [0.25, 0.3) is 10.1 Å². The highest BCUT2D eigenvalue weighted by atomic mass is 127. The Morgan fingerprint density at radius 1 is 0.963 bits per heavy atom. The fourth-order valence-electron chi connectivity index (χ4n) is 3.09. The molecule has 0 radical (unpaired) electrons. The Balaban J connectivity index is 1.71. The van der Waals surface area contributed by atoms with Gasteiger partial charge in [-0.1, -0.05) is 48.0 Å². The van der Waals surface area contributed by atoms with Gasteiger partial charge in [-0.05, 0) is 82.8 Å². The Bertz CT molecular complexity index is 1100. The monoisotopic (exact) mass is 483 g/mol. The fourth-order valence-corrected chi connectivity index (χ4v) is 4.57. The molecule has 3 aromatic carbocycles. The normalized spacial score (nSPS) is 10.9. The summed E-state index contributed by atoms with van der Waals surface area (Å²) in [7, 11) is 0. The minimum Gasteiger partial charge on any atom is -0.321 e. The highest BCUT2D eigenvalue weighted by molar-refractivity contribution is 14.1. The Hall–Kier alpha value is -2.18. The number of fused-ring (bicyclic) bond motifs is 1. The number of hydrogen-bond acceptors (Lipinski definition) is 2. The van der Waals surface area contributed by atoms with Crippen LogP contribution in [-0.2, 0) is 6.42 Å². The standard InChI is InChI=1S/C23H18INOS/c1-15-6-8-16(9-7-15)14-20-19-4-2-3-5-21(19)27-22(20)23(26)25-18-12-10-17(24)11-13-18/h2-13H,14H2,1H3,(H,25,26). The van der Waals surface area contributed by atoms with Gasteiger partial charge in [-0.3, -0.25) is 4.79 Å².